The molecule has 0 aliphatic rings. The number of rotatable bonds is 18. The quantitative estimate of drug-likeness (QED) is 0.185. The smallest absolute Gasteiger partial charge is 0.0873 e. The number of hydrogen-bond donors (Lipinski definition) is 0. The Balaban J connectivity index is 2.94. The van der Waals surface area contributed by atoms with Gasteiger partial charge in [0, 0.05) is 0 Å². The van der Waals surface area contributed by atoms with Crippen LogP contribution in [0.4, 0.5) is 0 Å². The van der Waals surface area contributed by atoms with Crippen molar-refractivity contribution >= 4 is 0 Å². The maximum Gasteiger partial charge on any atom is 0.0873 e. The molecule has 0 spiro atoms. The molecular formula is C21H42O. The van der Waals surface area contributed by atoms with E-state index in [9.17, 15) is 0 Å². The summed E-state index contributed by atoms with van der Waals surface area (Å²) < 4.78 is 5.32. The molecule has 0 aliphatic carbocycles. The van der Waals surface area contributed by atoms with Gasteiger partial charge in [-0.1, -0.05) is 109 Å². The largest absolute Gasteiger partial charge is 0.502 e. The van der Waals surface area contributed by atoms with Crippen molar-refractivity contribution in [2.75, 3.05) is 6.61 Å². The zero-order valence-corrected chi connectivity index (χ0v) is 15.6. The topological polar surface area (TPSA) is 9.23 Å². The van der Waals surface area contributed by atoms with Crippen LogP contribution in [0, 0.1) is 0 Å². The minimum Gasteiger partial charge on any atom is -0.502 e. The van der Waals surface area contributed by atoms with E-state index in [1.807, 2.05) is 13.0 Å². The lowest BCUT2D eigenvalue weighted by atomic mass is 10.0. The number of unbranched alkanes of at least 4 members (excludes halogenated alkanes) is 15. The molecule has 0 aromatic heterocycles. The maximum absolute atomic E-state index is 5.32. The van der Waals surface area contributed by atoms with E-state index in [0.717, 1.165) is 6.61 Å². The van der Waals surface area contributed by atoms with Gasteiger partial charge in [0.15, 0.2) is 0 Å². The van der Waals surface area contributed by atoms with E-state index >= 15 is 0 Å². The SMILES string of the molecule is CC=COCCCCCCCCCCCCCCCCCC. The Morgan fingerprint density at radius 1 is 0.545 bits per heavy atom. The van der Waals surface area contributed by atoms with Gasteiger partial charge in [-0.2, -0.15) is 0 Å². The first-order valence-corrected chi connectivity index (χ1v) is 10.1. The predicted molar refractivity (Wildman–Crippen MR) is 100 cm³/mol. The van der Waals surface area contributed by atoms with Crippen molar-refractivity contribution in [3.05, 3.63) is 12.3 Å². The van der Waals surface area contributed by atoms with Gasteiger partial charge in [-0.15, -0.1) is 0 Å². The van der Waals surface area contributed by atoms with Crippen molar-refractivity contribution in [3.8, 4) is 0 Å². The van der Waals surface area contributed by atoms with Crippen LogP contribution in [-0.4, -0.2) is 6.61 Å². The second-order valence-electron chi connectivity index (χ2n) is 6.64. The van der Waals surface area contributed by atoms with Gasteiger partial charge in [0.25, 0.3) is 0 Å². The molecule has 0 amide bonds. The van der Waals surface area contributed by atoms with Crippen molar-refractivity contribution < 1.29 is 4.74 Å². The first-order valence-electron chi connectivity index (χ1n) is 10.1. The summed E-state index contributed by atoms with van der Waals surface area (Å²) in [7, 11) is 0. The average molecular weight is 311 g/mol. The van der Waals surface area contributed by atoms with Gasteiger partial charge in [-0.05, 0) is 13.3 Å². The van der Waals surface area contributed by atoms with Gasteiger partial charge < -0.3 is 4.74 Å². The molecule has 0 unspecified atom stereocenters. The Labute approximate surface area is 140 Å². The summed E-state index contributed by atoms with van der Waals surface area (Å²) in [5, 5.41) is 0. The minimum atomic E-state index is 0.892. The summed E-state index contributed by atoms with van der Waals surface area (Å²) in [6.07, 6.45) is 26.5. The molecule has 0 aromatic carbocycles. The van der Waals surface area contributed by atoms with Gasteiger partial charge in [-0.3, -0.25) is 0 Å². The number of ether oxygens (including phenoxy) is 1. The van der Waals surface area contributed by atoms with Gasteiger partial charge in [0.05, 0.1) is 12.9 Å². The van der Waals surface area contributed by atoms with E-state index < -0.39 is 0 Å². The fraction of sp³-hybridized carbons (Fsp3) is 0.905. The lowest BCUT2D eigenvalue weighted by molar-refractivity contribution is 0.240. The molecule has 0 atom stereocenters. The summed E-state index contributed by atoms with van der Waals surface area (Å²) in [6.45, 7) is 5.18. The van der Waals surface area contributed by atoms with Crippen LogP contribution in [0.3, 0.4) is 0 Å². The van der Waals surface area contributed by atoms with Crippen LogP contribution >= 0.6 is 0 Å². The number of allylic oxidation sites excluding steroid dienone is 1. The molecule has 0 saturated carbocycles. The van der Waals surface area contributed by atoms with Crippen molar-refractivity contribution in [3.63, 3.8) is 0 Å². The molecule has 1 heteroatoms. The molecule has 1 nitrogen and oxygen atoms in total. The van der Waals surface area contributed by atoms with Crippen LogP contribution in [0.5, 0.6) is 0 Å². The van der Waals surface area contributed by atoms with E-state index in [1.165, 1.54) is 103 Å². The van der Waals surface area contributed by atoms with Crippen LogP contribution < -0.4 is 0 Å². The lowest BCUT2D eigenvalue weighted by Gasteiger charge is -2.03. The highest BCUT2D eigenvalue weighted by Gasteiger charge is 1.94. The fourth-order valence-electron chi connectivity index (χ4n) is 2.90. The van der Waals surface area contributed by atoms with E-state index in [2.05, 4.69) is 6.92 Å². The lowest BCUT2D eigenvalue weighted by Crippen LogP contribution is -1.88. The van der Waals surface area contributed by atoms with Gasteiger partial charge in [0.2, 0.25) is 0 Å². The highest BCUT2D eigenvalue weighted by Crippen LogP contribution is 2.13. The van der Waals surface area contributed by atoms with E-state index in [-0.39, 0.29) is 0 Å². The van der Waals surface area contributed by atoms with Crippen molar-refractivity contribution in [2.24, 2.45) is 0 Å². The van der Waals surface area contributed by atoms with Crippen LogP contribution in [0.15, 0.2) is 12.3 Å². The standard InChI is InChI=1S/C21H42O/c1-3-5-6-7-8-9-10-11-12-13-14-15-16-17-18-19-21-22-20-4-2/h4,20H,3,5-19,21H2,1-2H3. The number of hydrogen-bond acceptors (Lipinski definition) is 1. The molecule has 0 aromatic rings. The summed E-state index contributed by atoms with van der Waals surface area (Å²) in [5.41, 5.74) is 0. The zero-order valence-electron chi connectivity index (χ0n) is 15.6. The molecule has 0 rings (SSSR count). The molecule has 0 saturated heterocycles. The third-order valence-electron chi connectivity index (χ3n) is 4.35. The van der Waals surface area contributed by atoms with Crippen LogP contribution in [0.25, 0.3) is 0 Å². The van der Waals surface area contributed by atoms with E-state index in [1.54, 1.807) is 6.26 Å². The van der Waals surface area contributed by atoms with Crippen molar-refractivity contribution in [1.29, 1.82) is 0 Å². The normalized spacial score (nSPS) is 11.4. The van der Waals surface area contributed by atoms with E-state index in [0.29, 0.717) is 0 Å². The Morgan fingerprint density at radius 2 is 0.909 bits per heavy atom. The van der Waals surface area contributed by atoms with E-state index in [4.69, 9.17) is 4.74 Å². The Morgan fingerprint density at radius 3 is 1.27 bits per heavy atom. The van der Waals surface area contributed by atoms with Gasteiger partial charge >= 0.3 is 0 Å². The monoisotopic (exact) mass is 310 g/mol. The van der Waals surface area contributed by atoms with Crippen molar-refractivity contribution in [2.45, 2.75) is 117 Å². The highest BCUT2D eigenvalue weighted by atomic mass is 16.5. The van der Waals surface area contributed by atoms with Gasteiger partial charge in [-0.25, -0.2) is 0 Å². The minimum absolute atomic E-state index is 0.892. The maximum atomic E-state index is 5.32. The second-order valence-corrected chi connectivity index (χ2v) is 6.64. The fourth-order valence-corrected chi connectivity index (χ4v) is 2.90. The Hall–Kier alpha value is -0.460. The third kappa shape index (κ3) is 19.5. The molecule has 0 bridgehead atoms. The van der Waals surface area contributed by atoms with Crippen molar-refractivity contribution in [1.82, 2.24) is 0 Å². The van der Waals surface area contributed by atoms with Crippen LogP contribution in [-0.2, 0) is 4.74 Å². The molecule has 0 radical (unpaired) electrons. The molecule has 0 N–H and O–H groups in total. The second kappa shape index (κ2) is 20.5. The summed E-state index contributed by atoms with van der Waals surface area (Å²) >= 11 is 0. The third-order valence-corrected chi connectivity index (χ3v) is 4.35. The summed E-state index contributed by atoms with van der Waals surface area (Å²) in [5.74, 6) is 0. The summed E-state index contributed by atoms with van der Waals surface area (Å²) in [6, 6.07) is 0. The highest BCUT2D eigenvalue weighted by molar-refractivity contribution is 4.64. The molecule has 0 aliphatic heterocycles. The molecule has 0 fully saturated rings. The summed E-state index contributed by atoms with van der Waals surface area (Å²) in [4.78, 5) is 0. The molecule has 132 valence electrons. The molecule has 0 heterocycles. The first kappa shape index (κ1) is 21.5. The molecular weight excluding hydrogens is 268 g/mol. The Kier molecular flexibility index (Phi) is 20.1. The van der Waals surface area contributed by atoms with Crippen LogP contribution in [0.2, 0.25) is 0 Å². The van der Waals surface area contributed by atoms with Crippen LogP contribution in [0.1, 0.15) is 117 Å². The first-order chi connectivity index (χ1) is 10.9. The molecule has 22 heavy (non-hydrogen) atoms. The average Bonchev–Trinajstić information content (AvgIpc) is 2.54. The zero-order chi connectivity index (χ0) is 16.1. The van der Waals surface area contributed by atoms with Gasteiger partial charge in [0.1, 0.15) is 0 Å². The predicted octanol–water partition coefficient (Wildman–Crippen LogP) is 7.80. The Bertz CT molecular complexity index is 210.